The highest BCUT2D eigenvalue weighted by Crippen LogP contribution is 2.40. The average Bonchev–Trinajstić information content (AvgIpc) is 2.72. The molecule has 2 atom stereocenters. The van der Waals surface area contributed by atoms with Gasteiger partial charge in [-0.3, -0.25) is 0 Å². The van der Waals surface area contributed by atoms with E-state index in [1.807, 2.05) is 11.6 Å². The number of nitrogens with zero attached hydrogens (tertiary/aromatic N) is 2. The highest BCUT2D eigenvalue weighted by Gasteiger charge is 2.28. The lowest BCUT2D eigenvalue weighted by atomic mass is 9.74. The molecule has 0 bridgehead atoms. The predicted octanol–water partition coefficient (Wildman–Crippen LogP) is 2.18. The molecule has 0 spiro atoms. The third kappa shape index (κ3) is 1.76. The summed E-state index contributed by atoms with van der Waals surface area (Å²) in [5.74, 6) is 0.496. The normalized spacial score (nSPS) is 19.5. The number of aliphatic hydroxyl groups excluding tert-OH is 1. The molecular formula is C14H16N2O. The Morgan fingerprint density at radius 2 is 2.29 bits per heavy atom. The molecule has 1 N–H and O–H groups in total. The second-order valence-electron chi connectivity index (χ2n) is 4.78. The number of fused-ring (bicyclic) bond motifs is 1. The molecule has 2 unspecified atom stereocenters. The van der Waals surface area contributed by atoms with Crippen molar-refractivity contribution in [3.63, 3.8) is 0 Å². The quantitative estimate of drug-likeness (QED) is 0.874. The van der Waals surface area contributed by atoms with Gasteiger partial charge in [0.05, 0.1) is 24.3 Å². The van der Waals surface area contributed by atoms with Gasteiger partial charge < -0.3 is 9.67 Å². The first-order chi connectivity index (χ1) is 8.25. The predicted molar refractivity (Wildman–Crippen MR) is 65.7 cm³/mol. The van der Waals surface area contributed by atoms with E-state index in [0.29, 0.717) is 5.92 Å². The monoisotopic (exact) mass is 228 g/mol. The van der Waals surface area contributed by atoms with Crippen LogP contribution in [-0.4, -0.2) is 14.7 Å². The van der Waals surface area contributed by atoms with Crippen LogP contribution in [0.25, 0.3) is 0 Å². The Labute approximate surface area is 101 Å². The molecule has 88 valence electrons. The lowest BCUT2D eigenvalue weighted by Crippen LogP contribution is -2.20. The largest absolute Gasteiger partial charge is 0.387 e. The molecule has 2 aromatic rings. The molecule has 3 rings (SSSR count). The van der Waals surface area contributed by atoms with E-state index in [-0.39, 0.29) is 0 Å². The molecular weight excluding hydrogens is 212 g/mol. The Bertz CT molecular complexity index is 533. The van der Waals surface area contributed by atoms with Crippen molar-refractivity contribution >= 4 is 0 Å². The van der Waals surface area contributed by atoms with Crippen molar-refractivity contribution in [3.05, 3.63) is 53.6 Å². The van der Waals surface area contributed by atoms with Crippen LogP contribution >= 0.6 is 0 Å². The van der Waals surface area contributed by atoms with Gasteiger partial charge in [-0.25, -0.2) is 4.98 Å². The van der Waals surface area contributed by atoms with Crippen LogP contribution in [0, 0.1) is 0 Å². The number of benzene rings is 1. The van der Waals surface area contributed by atoms with Gasteiger partial charge in [-0.15, -0.1) is 0 Å². The van der Waals surface area contributed by atoms with Crippen molar-refractivity contribution in [3.8, 4) is 0 Å². The summed E-state index contributed by atoms with van der Waals surface area (Å²) >= 11 is 0. The molecule has 17 heavy (non-hydrogen) atoms. The van der Waals surface area contributed by atoms with Crippen LogP contribution in [0.15, 0.2) is 36.8 Å². The first kappa shape index (κ1) is 10.5. The van der Waals surface area contributed by atoms with Gasteiger partial charge in [-0.1, -0.05) is 24.3 Å². The molecule has 0 aliphatic heterocycles. The molecule has 3 nitrogen and oxygen atoms in total. The molecule has 1 aliphatic carbocycles. The average molecular weight is 228 g/mol. The third-order valence-corrected chi connectivity index (χ3v) is 3.66. The summed E-state index contributed by atoms with van der Waals surface area (Å²) in [4.78, 5) is 4.04. The van der Waals surface area contributed by atoms with Gasteiger partial charge in [-0.05, 0) is 29.9 Å². The minimum Gasteiger partial charge on any atom is -0.387 e. The number of aromatic nitrogens is 2. The Morgan fingerprint density at radius 3 is 3.00 bits per heavy atom. The number of aryl methyl sites for hydroxylation is 1. The molecule has 0 saturated heterocycles. The SMILES string of the molecule is Cn1cncc1C(O)CC1Cc2ccccc21. The summed E-state index contributed by atoms with van der Waals surface area (Å²) in [6, 6.07) is 8.48. The third-order valence-electron chi connectivity index (χ3n) is 3.66. The van der Waals surface area contributed by atoms with Gasteiger partial charge in [0.15, 0.2) is 0 Å². The molecule has 0 radical (unpaired) electrons. The van der Waals surface area contributed by atoms with E-state index in [1.54, 1.807) is 12.5 Å². The Kier molecular flexibility index (Phi) is 2.48. The Balaban J connectivity index is 1.72. The topological polar surface area (TPSA) is 38.0 Å². The van der Waals surface area contributed by atoms with Gasteiger partial charge >= 0.3 is 0 Å². The second kappa shape index (κ2) is 4.00. The molecule has 0 amide bonds. The van der Waals surface area contributed by atoms with Crippen molar-refractivity contribution in [2.24, 2.45) is 7.05 Å². The maximum Gasteiger partial charge on any atom is 0.0961 e. The van der Waals surface area contributed by atoms with E-state index in [0.717, 1.165) is 18.5 Å². The maximum absolute atomic E-state index is 10.2. The zero-order valence-corrected chi connectivity index (χ0v) is 9.87. The Hall–Kier alpha value is -1.61. The summed E-state index contributed by atoms with van der Waals surface area (Å²) < 4.78 is 1.88. The molecule has 1 heterocycles. The minimum atomic E-state index is -0.416. The van der Waals surface area contributed by atoms with Crippen LogP contribution in [0.1, 0.15) is 35.3 Å². The fourth-order valence-electron chi connectivity index (χ4n) is 2.65. The zero-order chi connectivity index (χ0) is 11.8. The van der Waals surface area contributed by atoms with Crippen molar-refractivity contribution in [2.75, 3.05) is 0 Å². The van der Waals surface area contributed by atoms with Crippen LogP contribution in [0.5, 0.6) is 0 Å². The molecule has 3 heteroatoms. The number of hydrogen-bond acceptors (Lipinski definition) is 2. The highest BCUT2D eigenvalue weighted by atomic mass is 16.3. The smallest absolute Gasteiger partial charge is 0.0961 e. The lowest BCUT2D eigenvalue weighted by molar-refractivity contribution is 0.146. The van der Waals surface area contributed by atoms with Crippen LogP contribution in [0.4, 0.5) is 0 Å². The lowest BCUT2D eigenvalue weighted by Gasteiger charge is -2.31. The zero-order valence-electron chi connectivity index (χ0n) is 9.87. The molecule has 1 aromatic carbocycles. The number of rotatable bonds is 3. The minimum absolute atomic E-state index is 0.416. The molecule has 1 aromatic heterocycles. The maximum atomic E-state index is 10.2. The van der Waals surface area contributed by atoms with Crippen LogP contribution < -0.4 is 0 Å². The highest BCUT2D eigenvalue weighted by molar-refractivity contribution is 5.40. The van der Waals surface area contributed by atoms with E-state index in [1.165, 1.54) is 11.1 Å². The van der Waals surface area contributed by atoms with Gasteiger partial charge in [0.25, 0.3) is 0 Å². The van der Waals surface area contributed by atoms with Crippen LogP contribution in [0.3, 0.4) is 0 Å². The first-order valence-corrected chi connectivity index (χ1v) is 5.98. The fourth-order valence-corrected chi connectivity index (χ4v) is 2.65. The molecule has 1 aliphatic rings. The number of aliphatic hydroxyl groups is 1. The van der Waals surface area contributed by atoms with E-state index < -0.39 is 6.10 Å². The van der Waals surface area contributed by atoms with Gasteiger partial charge in [0.2, 0.25) is 0 Å². The van der Waals surface area contributed by atoms with E-state index in [4.69, 9.17) is 0 Å². The van der Waals surface area contributed by atoms with Crippen molar-refractivity contribution in [1.82, 2.24) is 9.55 Å². The van der Waals surface area contributed by atoms with Crippen LogP contribution in [0.2, 0.25) is 0 Å². The first-order valence-electron chi connectivity index (χ1n) is 5.98. The van der Waals surface area contributed by atoms with E-state index in [9.17, 15) is 5.11 Å². The molecule has 0 fully saturated rings. The summed E-state index contributed by atoms with van der Waals surface area (Å²) in [6.07, 6.45) is 4.94. The fraction of sp³-hybridized carbons (Fsp3) is 0.357. The standard InChI is InChI=1S/C14H16N2O/c1-16-9-15-8-13(16)14(17)7-11-6-10-4-2-3-5-12(10)11/h2-5,8-9,11,14,17H,6-7H2,1H3. The van der Waals surface area contributed by atoms with Gasteiger partial charge in [-0.2, -0.15) is 0 Å². The van der Waals surface area contributed by atoms with Crippen LogP contribution in [-0.2, 0) is 13.5 Å². The summed E-state index contributed by atoms with van der Waals surface area (Å²) in [7, 11) is 1.92. The van der Waals surface area contributed by atoms with E-state index >= 15 is 0 Å². The summed E-state index contributed by atoms with van der Waals surface area (Å²) in [5.41, 5.74) is 3.72. The van der Waals surface area contributed by atoms with E-state index in [2.05, 4.69) is 29.2 Å². The number of hydrogen-bond donors (Lipinski definition) is 1. The van der Waals surface area contributed by atoms with Crippen molar-refractivity contribution in [1.29, 1.82) is 0 Å². The second-order valence-corrected chi connectivity index (χ2v) is 4.78. The van der Waals surface area contributed by atoms with Gasteiger partial charge in [0.1, 0.15) is 0 Å². The number of imidazole rings is 1. The van der Waals surface area contributed by atoms with Crippen molar-refractivity contribution < 1.29 is 5.11 Å². The molecule has 0 saturated carbocycles. The van der Waals surface area contributed by atoms with Crippen molar-refractivity contribution in [2.45, 2.75) is 24.9 Å². The van der Waals surface area contributed by atoms with Gasteiger partial charge in [0, 0.05) is 7.05 Å². The Morgan fingerprint density at radius 1 is 1.47 bits per heavy atom. The summed E-state index contributed by atoms with van der Waals surface area (Å²) in [5, 5.41) is 10.2. The summed E-state index contributed by atoms with van der Waals surface area (Å²) in [6.45, 7) is 0.